The molecule has 0 saturated heterocycles. The number of carbonyl (C=O) groups excluding carboxylic acids is 2. The first-order valence-corrected chi connectivity index (χ1v) is 8.42. The zero-order valence-corrected chi connectivity index (χ0v) is 14.3. The Morgan fingerprint density at radius 3 is 1.84 bits per heavy atom. The maximum absolute atomic E-state index is 12.6. The molecule has 0 aliphatic rings. The minimum absolute atomic E-state index is 0.0411. The highest BCUT2D eigenvalue weighted by Crippen LogP contribution is 2.24. The Balaban J connectivity index is 2.57. The van der Waals surface area contributed by atoms with Crippen molar-refractivity contribution in [1.29, 1.82) is 0 Å². The summed E-state index contributed by atoms with van der Waals surface area (Å²) in [4.78, 5) is 23.5. The maximum Gasteiger partial charge on any atom is 0.337 e. The Morgan fingerprint density at radius 2 is 1.40 bits per heavy atom. The molecule has 0 aromatic heterocycles. The molecule has 0 bridgehead atoms. The van der Waals surface area contributed by atoms with Gasteiger partial charge >= 0.3 is 11.9 Å². The summed E-state index contributed by atoms with van der Waals surface area (Å²) in [5.41, 5.74) is -0.176. The van der Waals surface area contributed by atoms with Crippen LogP contribution in [0, 0.1) is 0 Å². The number of hydrogen-bond acceptors (Lipinski definition) is 7. The third-order valence-electron chi connectivity index (χ3n) is 3.31. The standard InChI is InChI=1S/C16H16N2O6S/c1-23-15(19)11-8-12(16(20)24-2)10-13(9-11)18(17)25(21,22)14-6-4-3-5-7-14/h3-10H,17H2,1-2H3. The molecule has 0 heterocycles. The van der Waals surface area contributed by atoms with Gasteiger partial charge in [-0.05, 0) is 30.3 Å². The maximum atomic E-state index is 12.6. The smallest absolute Gasteiger partial charge is 0.337 e. The highest BCUT2D eigenvalue weighted by atomic mass is 32.2. The molecule has 0 aliphatic heterocycles. The van der Waals surface area contributed by atoms with Gasteiger partial charge in [-0.1, -0.05) is 18.2 Å². The van der Waals surface area contributed by atoms with Gasteiger partial charge in [0.05, 0.1) is 35.9 Å². The number of hydrazine groups is 1. The van der Waals surface area contributed by atoms with E-state index in [-0.39, 0.29) is 21.7 Å². The van der Waals surface area contributed by atoms with E-state index in [1.54, 1.807) is 18.2 Å². The van der Waals surface area contributed by atoms with Crippen LogP contribution >= 0.6 is 0 Å². The van der Waals surface area contributed by atoms with E-state index in [9.17, 15) is 18.0 Å². The number of nitrogens with two attached hydrogens (primary N) is 1. The van der Waals surface area contributed by atoms with Crippen molar-refractivity contribution in [2.24, 2.45) is 5.84 Å². The van der Waals surface area contributed by atoms with Crippen molar-refractivity contribution in [1.82, 2.24) is 0 Å². The van der Waals surface area contributed by atoms with Gasteiger partial charge in [0.2, 0.25) is 0 Å². The second-order valence-corrected chi connectivity index (χ2v) is 6.68. The minimum Gasteiger partial charge on any atom is -0.465 e. The van der Waals surface area contributed by atoms with Gasteiger partial charge in [-0.15, -0.1) is 0 Å². The Kier molecular flexibility index (Phi) is 5.40. The lowest BCUT2D eigenvalue weighted by Crippen LogP contribution is -2.37. The normalized spacial score (nSPS) is 10.8. The molecule has 25 heavy (non-hydrogen) atoms. The number of esters is 2. The van der Waals surface area contributed by atoms with E-state index < -0.39 is 22.0 Å². The second-order valence-electron chi connectivity index (χ2n) is 4.87. The van der Waals surface area contributed by atoms with Gasteiger partial charge in [-0.25, -0.2) is 19.8 Å². The van der Waals surface area contributed by atoms with E-state index in [0.29, 0.717) is 4.41 Å². The monoisotopic (exact) mass is 364 g/mol. The molecule has 2 aromatic rings. The molecular weight excluding hydrogens is 348 g/mol. The van der Waals surface area contributed by atoms with Gasteiger partial charge in [-0.2, -0.15) is 8.42 Å². The summed E-state index contributed by atoms with van der Waals surface area (Å²) < 4.78 is 34.9. The number of sulfonamides is 1. The molecule has 0 radical (unpaired) electrons. The van der Waals surface area contributed by atoms with E-state index in [4.69, 9.17) is 5.84 Å². The lowest BCUT2D eigenvalue weighted by atomic mass is 10.1. The Morgan fingerprint density at radius 1 is 0.920 bits per heavy atom. The molecule has 0 atom stereocenters. The number of hydrogen-bond donors (Lipinski definition) is 1. The first-order valence-electron chi connectivity index (χ1n) is 6.98. The summed E-state index contributed by atoms with van der Waals surface area (Å²) in [7, 11) is -1.76. The number of rotatable bonds is 5. The van der Waals surface area contributed by atoms with E-state index in [2.05, 4.69) is 9.47 Å². The Hall–Kier alpha value is -2.91. The minimum atomic E-state index is -4.08. The Labute approximate surface area is 144 Å². The highest BCUT2D eigenvalue weighted by molar-refractivity contribution is 7.92. The number of carbonyl (C=O) groups is 2. The molecule has 0 aliphatic carbocycles. The first-order chi connectivity index (χ1) is 11.8. The van der Waals surface area contributed by atoms with Crippen molar-refractivity contribution < 1.29 is 27.5 Å². The van der Waals surface area contributed by atoms with E-state index in [1.807, 2.05) is 0 Å². The van der Waals surface area contributed by atoms with Crippen molar-refractivity contribution in [3.63, 3.8) is 0 Å². The van der Waals surface area contributed by atoms with E-state index >= 15 is 0 Å². The van der Waals surface area contributed by atoms with Crippen molar-refractivity contribution >= 4 is 27.6 Å². The fourth-order valence-corrected chi connectivity index (χ4v) is 3.17. The largest absolute Gasteiger partial charge is 0.465 e. The van der Waals surface area contributed by atoms with Gasteiger partial charge in [0.1, 0.15) is 0 Å². The van der Waals surface area contributed by atoms with Gasteiger partial charge in [0, 0.05) is 0 Å². The summed E-state index contributed by atoms with van der Waals surface area (Å²) in [5.74, 6) is 4.26. The number of methoxy groups -OCH3 is 2. The number of anilines is 1. The van der Waals surface area contributed by atoms with Crippen LogP contribution in [0.3, 0.4) is 0 Å². The van der Waals surface area contributed by atoms with Gasteiger partial charge in [0.15, 0.2) is 0 Å². The quantitative estimate of drug-likeness (QED) is 0.483. The molecule has 0 saturated carbocycles. The second kappa shape index (κ2) is 7.32. The number of nitrogens with zero attached hydrogens (tertiary/aromatic N) is 1. The van der Waals surface area contributed by atoms with E-state index in [1.165, 1.54) is 30.3 Å². The zero-order valence-electron chi connectivity index (χ0n) is 13.5. The van der Waals surface area contributed by atoms with Crippen molar-refractivity contribution in [3.8, 4) is 0 Å². The number of ether oxygens (including phenoxy) is 2. The summed E-state index contributed by atoms with van der Waals surface area (Å²) in [6.07, 6.45) is 0. The molecule has 0 amide bonds. The summed E-state index contributed by atoms with van der Waals surface area (Å²) in [5, 5.41) is 0. The molecular formula is C16H16N2O6S. The summed E-state index contributed by atoms with van der Waals surface area (Å²) in [6.45, 7) is 0. The van der Waals surface area contributed by atoms with Crippen LogP contribution in [0.25, 0.3) is 0 Å². The molecule has 2 rings (SSSR count). The zero-order chi connectivity index (χ0) is 18.6. The van der Waals surface area contributed by atoms with Crippen molar-refractivity contribution in [2.45, 2.75) is 4.90 Å². The van der Waals surface area contributed by atoms with Gasteiger partial charge < -0.3 is 9.47 Å². The Bertz CT molecular complexity index is 862. The summed E-state index contributed by atoms with van der Waals surface area (Å²) in [6, 6.07) is 11.1. The molecule has 8 nitrogen and oxygen atoms in total. The van der Waals surface area contributed by atoms with Gasteiger partial charge in [0.25, 0.3) is 10.0 Å². The molecule has 132 valence electrons. The van der Waals surface area contributed by atoms with Crippen LogP contribution in [0.5, 0.6) is 0 Å². The molecule has 0 unspecified atom stereocenters. The topological polar surface area (TPSA) is 116 Å². The third-order valence-corrected chi connectivity index (χ3v) is 4.91. The van der Waals surface area contributed by atoms with Crippen molar-refractivity contribution in [2.75, 3.05) is 18.6 Å². The average molecular weight is 364 g/mol. The van der Waals surface area contributed by atoms with Crippen molar-refractivity contribution in [3.05, 3.63) is 59.7 Å². The van der Waals surface area contributed by atoms with E-state index in [0.717, 1.165) is 14.2 Å². The average Bonchev–Trinajstić information content (AvgIpc) is 2.66. The predicted octanol–water partition coefficient (Wildman–Crippen LogP) is 1.33. The van der Waals surface area contributed by atoms with Crippen LogP contribution in [0.4, 0.5) is 5.69 Å². The third kappa shape index (κ3) is 3.78. The van der Waals surface area contributed by atoms with Crippen LogP contribution < -0.4 is 10.3 Å². The molecule has 0 fully saturated rings. The molecule has 2 aromatic carbocycles. The summed E-state index contributed by atoms with van der Waals surface area (Å²) >= 11 is 0. The molecule has 0 spiro atoms. The highest BCUT2D eigenvalue weighted by Gasteiger charge is 2.24. The van der Waals surface area contributed by atoms with Crippen LogP contribution in [0.2, 0.25) is 0 Å². The van der Waals surface area contributed by atoms with Gasteiger partial charge in [-0.3, -0.25) is 0 Å². The fraction of sp³-hybridized carbons (Fsp3) is 0.125. The predicted molar refractivity (Wildman–Crippen MR) is 89.4 cm³/mol. The van der Waals surface area contributed by atoms with Crippen LogP contribution in [-0.4, -0.2) is 34.6 Å². The van der Waals surface area contributed by atoms with Crippen LogP contribution in [-0.2, 0) is 19.5 Å². The lowest BCUT2D eigenvalue weighted by Gasteiger charge is -2.20. The first kappa shape index (κ1) is 18.4. The molecule has 2 N–H and O–H groups in total. The van der Waals surface area contributed by atoms with Crippen LogP contribution in [0.1, 0.15) is 20.7 Å². The number of benzene rings is 2. The van der Waals surface area contributed by atoms with Crippen LogP contribution in [0.15, 0.2) is 53.4 Å². The molecule has 9 heteroatoms. The lowest BCUT2D eigenvalue weighted by molar-refractivity contribution is 0.0599. The SMILES string of the molecule is COC(=O)c1cc(C(=O)OC)cc(N(N)S(=O)(=O)c2ccccc2)c1. The fourth-order valence-electron chi connectivity index (χ4n) is 2.05.